The molecule has 32 heavy (non-hydrogen) atoms. The van der Waals surface area contributed by atoms with Gasteiger partial charge in [-0.3, -0.25) is 19.3 Å². The molecule has 1 saturated heterocycles. The van der Waals surface area contributed by atoms with Gasteiger partial charge in [-0.1, -0.05) is 30.3 Å². The molecule has 1 aliphatic rings. The second-order valence-corrected chi connectivity index (χ2v) is 7.95. The van der Waals surface area contributed by atoms with Gasteiger partial charge in [0.05, 0.1) is 11.5 Å². The van der Waals surface area contributed by atoms with Crippen LogP contribution in [-0.2, 0) is 9.59 Å². The predicted octanol–water partition coefficient (Wildman–Crippen LogP) is 5.05. The Morgan fingerprint density at radius 1 is 1.09 bits per heavy atom. The molecule has 0 aliphatic carbocycles. The number of ether oxygens (including phenoxy) is 1. The lowest BCUT2D eigenvalue weighted by Crippen LogP contribution is -2.36. The van der Waals surface area contributed by atoms with Gasteiger partial charge in [0.25, 0.3) is 11.1 Å². The lowest BCUT2D eigenvalue weighted by atomic mass is 10.0. The summed E-state index contributed by atoms with van der Waals surface area (Å²) >= 11 is 0.776. The molecule has 3 aromatic carbocycles. The van der Waals surface area contributed by atoms with Crippen LogP contribution in [0.5, 0.6) is 5.75 Å². The van der Waals surface area contributed by atoms with Crippen LogP contribution in [0.2, 0.25) is 0 Å². The molecule has 1 aliphatic heterocycles. The third-order valence-corrected chi connectivity index (χ3v) is 5.72. The highest BCUT2D eigenvalue weighted by atomic mass is 32.2. The van der Waals surface area contributed by atoms with Gasteiger partial charge in [0.1, 0.15) is 18.1 Å². The molecule has 1 heterocycles. The molecule has 3 amide bonds. The highest BCUT2D eigenvalue weighted by Crippen LogP contribution is 2.36. The second kappa shape index (κ2) is 9.23. The SMILES string of the molecule is CCOc1ccc2ccccc2c1/C=C1\SC(=O)N(CC(=O)Nc2ccc(F)cc2)C1=O. The van der Waals surface area contributed by atoms with Crippen molar-refractivity contribution in [3.05, 3.63) is 76.9 Å². The van der Waals surface area contributed by atoms with Gasteiger partial charge in [-0.05, 0) is 65.9 Å². The summed E-state index contributed by atoms with van der Waals surface area (Å²) < 4.78 is 18.8. The first-order valence-electron chi connectivity index (χ1n) is 9.91. The van der Waals surface area contributed by atoms with E-state index in [1.54, 1.807) is 6.08 Å². The number of fused-ring (bicyclic) bond motifs is 1. The first kappa shape index (κ1) is 21.6. The molecule has 1 N–H and O–H groups in total. The monoisotopic (exact) mass is 450 g/mol. The number of thioether (sulfide) groups is 1. The third-order valence-electron chi connectivity index (χ3n) is 4.81. The van der Waals surface area contributed by atoms with E-state index in [1.165, 1.54) is 24.3 Å². The standard InChI is InChI=1S/C24H19FN2O4S/c1-2-31-20-12-7-15-5-3-4-6-18(15)19(20)13-21-23(29)27(24(30)32-21)14-22(28)26-17-10-8-16(25)9-11-17/h3-13H,2,14H2,1H3,(H,26,28)/b21-13-. The zero-order chi connectivity index (χ0) is 22.7. The molecule has 0 spiro atoms. The van der Waals surface area contributed by atoms with Gasteiger partial charge in [-0.15, -0.1) is 0 Å². The van der Waals surface area contributed by atoms with E-state index in [-0.39, 0.29) is 4.91 Å². The maximum atomic E-state index is 13.0. The molecular weight excluding hydrogens is 431 g/mol. The van der Waals surface area contributed by atoms with Crippen LogP contribution in [0.25, 0.3) is 16.8 Å². The van der Waals surface area contributed by atoms with Crippen LogP contribution in [0.3, 0.4) is 0 Å². The van der Waals surface area contributed by atoms with Crippen molar-refractivity contribution in [2.75, 3.05) is 18.5 Å². The summed E-state index contributed by atoms with van der Waals surface area (Å²) in [6, 6.07) is 16.7. The summed E-state index contributed by atoms with van der Waals surface area (Å²) in [5.74, 6) is -0.934. The van der Waals surface area contributed by atoms with Crippen LogP contribution >= 0.6 is 11.8 Å². The van der Waals surface area contributed by atoms with Crippen molar-refractivity contribution < 1.29 is 23.5 Å². The molecule has 0 saturated carbocycles. The van der Waals surface area contributed by atoms with E-state index in [0.29, 0.717) is 23.6 Å². The van der Waals surface area contributed by atoms with Gasteiger partial charge in [-0.2, -0.15) is 0 Å². The molecule has 162 valence electrons. The molecule has 0 aromatic heterocycles. The zero-order valence-corrected chi connectivity index (χ0v) is 17.9. The normalized spacial score (nSPS) is 14.9. The maximum Gasteiger partial charge on any atom is 0.294 e. The van der Waals surface area contributed by atoms with E-state index in [1.807, 2.05) is 43.3 Å². The lowest BCUT2D eigenvalue weighted by molar-refractivity contribution is -0.127. The van der Waals surface area contributed by atoms with Crippen molar-refractivity contribution in [3.63, 3.8) is 0 Å². The van der Waals surface area contributed by atoms with E-state index >= 15 is 0 Å². The average Bonchev–Trinajstić information content (AvgIpc) is 3.04. The molecule has 0 bridgehead atoms. The van der Waals surface area contributed by atoms with Crippen molar-refractivity contribution in [2.24, 2.45) is 0 Å². The van der Waals surface area contributed by atoms with E-state index in [9.17, 15) is 18.8 Å². The molecule has 8 heteroatoms. The number of benzene rings is 3. The summed E-state index contributed by atoms with van der Waals surface area (Å²) in [6.45, 7) is 1.88. The topological polar surface area (TPSA) is 75.7 Å². The number of anilines is 1. The molecule has 0 unspecified atom stereocenters. The molecular formula is C24H19FN2O4S. The Morgan fingerprint density at radius 3 is 2.59 bits per heavy atom. The van der Waals surface area contributed by atoms with Gasteiger partial charge in [-0.25, -0.2) is 4.39 Å². The van der Waals surface area contributed by atoms with Crippen LogP contribution in [0, 0.1) is 5.82 Å². The van der Waals surface area contributed by atoms with Gasteiger partial charge < -0.3 is 10.1 Å². The number of nitrogens with one attached hydrogen (secondary N) is 1. The fraction of sp³-hybridized carbons (Fsp3) is 0.125. The average molecular weight is 450 g/mol. The highest BCUT2D eigenvalue weighted by molar-refractivity contribution is 8.18. The number of hydrogen-bond acceptors (Lipinski definition) is 5. The number of halogens is 1. The fourth-order valence-electron chi connectivity index (χ4n) is 3.35. The number of amides is 3. The van der Waals surface area contributed by atoms with E-state index in [4.69, 9.17) is 4.74 Å². The fourth-order valence-corrected chi connectivity index (χ4v) is 4.17. The molecule has 6 nitrogen and oxygen atoms in total. The molecule has 4 rings (SSSR count). The predicted molar refractivity (Wildman–Crippen MR) is 123 cm³/mol. The van der Waals surface area contributed by atoms with E-state index in [0.717, 1.165) is 27.4 Å². The third kappa shape index (κ3) is 4.50. The Balaban J connectivity index is 1.58. The quantitative estimate of drug-likeness (QED) is 0.532. The number of carbonyl (C=O) groups is 3. The second-order valence-electron chi connectivity index (χ2n) is 6.95. The Bertz CT molecular complexity index is 1240. The van der Waals surface area contributed by atoms with Crippen LogP contribution < -0.4 is 10.1 Å². The number of rotatable bonds is 6. The van der Waals surface area contributed by atoms with Crippen LogP contribution in [-0.4, -0.2) is 35.1 Å². The summed E-state index contributed by atoms with van der Waals surface area (Å²) in [5, 5.41) is 3.88. The van der Waals surface area contributed by atoms with Crippen LogP contribution in [0.4, 0.5) is 14.9 Å². The molecule has 1 fully saturated rings. The van der Waals surface area contributed by atoms with Crippen molar-refractivity contribution in [1.82, 2.24) is 4.90 Å². The van der Waals surface area contributed by atoms with Crippen molar-refractivity contribution in [3.8, 4) is 5.75 Å². The number of nitrogens with zero attached hydrogens (tertiary/aromatic N) is 1. The summed E-state index contributed by atoms with van der Waals surface area (Å²) in [4.78, 5) is 38.8. The first-order valence-corrected chi connectivity index (χ1v) is 10.7. The highest BCUT2D eigenvalue weighted by Gasteiger charge is 2.36. The largest absolute Gasteiger partial charge is 0.493 e. The summed E-state index contributed by atoms with van der Waals surface area (Å²) in [6.07, 6.45) is 1.64. The van der Waals surface area contributed by atoms with Crippen LogP contribution in [0.1, 0.15) is 12.5 Å². The molecule has 0 radical (unpaired) electrons. The summed E-state index contributed by atoms with van der Waals surface area (Å²) in [5.41, 5.74) is 1.07. The Hall–Kier alpha value is -3.65. The molecule has 0 atom stereocenters. The Labute approximate surface area is 188 Å². The van der Waals surface area contributed by atoms with Gasteiger partial charge >= 0.3 is 0 Å². The van der Waals surface area contributed by atoms with Crippen LogP contribution in [0.15, 0.2) is 65.6 Å². The minimum absolute atomic E-state index is 0.210. The van der Waals surface area contributed by atoms with E-state index < -0.39 is 29.4 Å². The minimum atomic E-state index is -0.555. The van der Waals surface area contributed by atoms with Gasteiger partial charge in [0.15, 0.2) is 0 Å². The zero-order valence-electron chi connectivity index (χ0n) is 17.1. The number of carbonyl (C=O) groups excluding carboxylic acids is 3. The Kier molecular flexibility index (Phi) is 6.23. The van der Waals surface area contributed by atoms with Gasteiger partial charge in [0.2, 0.25) is 5.91 Å². The lowest BCUT2D eigenvalue weighted by Gasteiger charge is -2.13. The molecule has 3 aromatic rings. The smallest absolute Gasteiger partial charge is 0.294 e. The van der Waals surface area contributed by atoms with Crippen molar-refractivity contribution in [2.45, 2.75) is 6.92 Å². The Morgan fingerprint density at radius 2 is 1.84 bits per heavy atom. The van der Waals surface area contributed by atoms with E-state index in [2.05, 4.69) is 5.32 Å². The maximum absolute atomic E-state index is 13.0. The summed E-state index contributed by atoms with van der Waals surface area (Å²) in [7, 11) is 0. The first-order chi connectivity index (χ1) is 15.5. The number of imide groups is 1. The van der Waals surface area contributed by atoms with Crippen molar-refractivity contribution >= 4 is 51.4 Å². The number of hydrogen-bond donors (Lipinski definition) is 1. The minimum Gasteiger partial charge on any atom is -0.493 e. The van der Waals surface area contributed by atoms with Gasteiger partial charge in [0, 0.05) is 11.3 Å². The van der Waals surface area contributed by atoms with Crippen molar-refractivity contribution in [1.29, 1.82) is 0 Å².